The van der Waals surface area contributed by atoms with Crippen molar-refractivity contribution in [3.05, 3.63) is 113 Å². The molecule has 0 unspecified atom stereocenters. The Bertz CT molecular complexity index is 3000. The monoisotopic (exact) mass is 1170 g/mol. The Balaban J connectivity index is 1.12. The molecule has 17 atom stereocenters. The molecule has 0 saturated carbocycles. The van der Waals surface area contributed by atoms with Crippen molar-refractivity contribution in [1.29, 1.82) is 0 Å². The van der Waals surface area contributed by atoms with E-state index in [1.54, 1.807) is 0 Å². The van der Waals surface area contributed by atoms with Gasteiger partial charge in [-0.1, -0.05) is 24.3 Å². The van der Waals surface area contributed by atoms with E-state index in [1.807, 2.05) is 0 Å². The van der Waals surface area contributed by atoms with Crippen LogP contribution >= 0.6 is 0 Å². The average molecular weight is 1170 g/mol. The summed E-state index contributed by atoms with van der Waals surface area (Å²) in [7, 11) is 0. The average Bonchev–Trinajstić information content (AvgIpc) is 4.12. The molecule has 5 heterocycles. The van der Waals surface area contributed by atoms with Crippen LogP contribution in [0, 0.1) is 0 Å². The number of carbonyl (C=O) groups excluding carboxylic acids is 2. The second kappa shape index (κ2) is 26.6. The van der Waals surface area contributed by atoms with E-state index in [2.05, 4.69) is 4.99 Å². The molecule has 0 radical (unpaired) electrons. The molecule has 0 aromatic heterocycles. The van der Waals surface area contributed by atoms with Crippen molar-refractivity contribution in [2.24, 2.45) is 4.99 Å². The maximum atomic E-state index is 13.0. The second-order valence-electron chi connectivity index (χ2n) is 19.5. The van der Waals surface area contributed by atoms with E-state index in [-0.39, 0.29) is 41.2 Å². The predicted octanol–water partition coefficient (Wildman–Crippen LogP) is -2.20. The van der Waals surface area contributed by atoms with E-state index in [0.717, 1.165) is 30.4 Å². The van der Waals surface area contributed by atoms with E-state index in [4.69, 9.17) is 37.9 Å². The minimum absolute atomic E-state index is 0.0375. The van der Waals surface area contributed by atoms with Crippen LogP contribution in [0.2, 0.25) is 0 Å². The number of allylic oxidation sites excluding steroid dienone is 1. The molecule has 29 heteroatoms. The third kappa shape index (κ3) is 14.5. The van der Waals surface area contributed by atoms with Crippen molar-refractivity contribution in [3.8, 4) is 23.0 Å². The number of phenolic OH excluding ortho intramolecular Hbond substituents is 3. The van der Waals surface area contributed by atoms with Crippen molar-refractivity contribution in [2.45, 2.75) is 117 Å². The number of carboxylic acid groups (broad SMARTS) is 3. The van der Waals surface area contributed by atoms with Gasteiger partial charge in [0.15, 0.2) is 36.2 Å². The van der Waals surface area contributed by atoms with Crippen LogP contribution in [-0.2, 0) is 63.6 Å². The van der Waals surface area contributed by atoms with Gasteiger partial charge in [0.25, 0.3) is 0 Å². The summed E-state index contributed by atoms with van der Waals surface area (Å²) in [6.07, 6.45) is -22.7. The number of hydrogen-bond donors (Lipinski definition) is 14. The van der Waals surface area contributed by atoms with Crippen molar-refractivity contribution < 1.29 is 133 Å². The molecular weight excluding hydrogens is 1110 g/mol. The quantitative estimate of drug-likeness (QED) is 0.0422. The number of esters is 2. The molecule has 0 amide bonds. The van der Waals surface area contributed by atoms with Gasteiger partial charge >= 0.3 is 29.8 Å². The molecule has 83 heavy (non-hydrogen) atoms. The Morgan fingerprint density at radius 1 is 0.602 bits per heavy atom. The number of ether oxygens (including phenoxy) is 8. The smallest absolute Gasteiger partial charge is 0.354 e. The van der Waals surface area contributed by atoms with Crippen molar-refractivity contribution in [2.75, 3.05) is 24.7 Å². The molecule has 5 aliphatic heterocycles. The minimum atomic E-state index is -2.24. The second-order valence-corrected chi connectivity index (χ2v) is 19.5. The van der Waals surface area contributed by atoms with E-state index < -0.39 is 171 Å². The summed E-state index contributed by atoms with van der Waals surface area (Å²) in [6, 6.07) is 10.7. The number of phenols is 3. The predicted molar refractivity (Wildman–Crippen MR) is 276 cm³/mol. The number of aliphatic hydroxyl groups excluding tert-OH is 8. The lowest BCUT2D eigenvalue weighted by Crippen LogP contribution is -2.67. The Hall–Kier alpha value is -7.88. The fourth-order valence-corrected chi connectivity index (χ4v) is 9.34. The van der Waals surface area contributed by atoms with E-state index >= 15 is 0 Å². The molecule has 3 aromatic rings. The SMILES string of the molecule is O=C(/C=C/c1ccc(O)cc1)OC[C@H]1O[C@@H](O[C@H]2[C@H](Oc3cc4c(cc3O)C[C@@H](C(=O)O)N4/C=C/C3=CC(C(=O)O)=N[C@H](C(=O)O)C3)O[C@H](COC(=O)/C=C/c3ccc(O)cc3)[C@@H](O)[C@@H]2O)[C@H](O[C@@H]2O[C@H](CO)[C@@H](O)[C@H](O)[C@H]2O)[C@@H](O)[C@@H]1O. The van der Waals surface area contributed by atoms with Crippen LogP contribution in [0.3, 0.4) is 0 Å². The number of carboxylic acids is 3. The summed E-state index contributed by atoms with van der Waals surface area (Å²) in [5.74, 6) is -7.68. The molecular formula is C54H58N2O27. The number of rotatable bonds is 20. The summed E-state index contributed by atoms with van der Waals surface area (Å²) >= 11 is 0. The van der Waals surface area contributed by atoms with E-state index in [9.17, 15) is 95.5 Å². The number of anilines is 1. The minimum Gasteiger partial charge on any atom is -0.508 e. The van der Waals surface area contributed by atoms with Crippen LogP contribution in [0.15, 0.2) is 102 Å². The molecule has 446 valence electrons. The molecule has 3 fully saturated rings. The molecule has 0 aliphatic carbocycles. The maximum Gasteiger partial charge on any atom is 0.354 e. The Morgan fingerprint density at radius 3 is 1.65 bits per heavy atom. The van der Waals surface area contributed by atoms with Crippen LogP contribution in [-0.4, -0.2) is 231 Å². The van der Waals surface area contributed by atoms with Gasteiger partial charge in [0, 0.05) is 42.9 Å². The number of carbonyl (C=O) groups is 5. The van der Waals surface area contributed by atoms with Crippen LogP contribution in [0.5, 0.6) is 23.0 Å². The highest BCUT2D eigenvalue weighted by atomic mass is 16.8. The highest BCUT2D eigenvalue weighted by Crippen LogP contribution is 2.43. The maximum absolute atomic E-state index is 13.0. The van der Waals surface area contributed by atoms with Crippen molar-refractivity contribution in [3.63, 3.8) is 0 Å². The number of benzene rings is 3. The van der Waals surface area contributed by atoms with Crippen LogP contribution in [0.1, 0.15) is 23.1 Å². The first-order valence-electron chi connectivity index (χ1n) is 25.4. The number of nitrogens with zero attached hydrogens (tertiary/aromatic N) is 2. The summed E-state index contributed by atoms with van der Waals surface area (Å²) in [5, 5.41) is 149. The number of fused-ring (bicyclic) bond motifs is 1. The van der Waals surface area contributed by atoms with Gasteiger partial charge in [0.2, 0.25) is 6.29 Å². The van der Waals surface area contributed by atoms with Gasteiger partial charge in [-0.25, -0.2) is 24.0 Å². The molecule has 14 N–H and O–H groups in total. The first-order valence-corrected chi connectivity index (χ1v) is 25.4. The van der Waals surface area contributed by atoms with Gasteiger partial charge in [-0.15, -0.1) is 0 Å². The van der Waals surface area contributed by atoms with Gasteiger partial charge < -0.3 is 114 Å². The van der Waals surface area contributed by atoms with Gasteiger partial charge in [-0.3, -0.25) is 4.99 Å². The number of aliphatic hydroxyl groups is 8. The van der Waals surface area contributed by atoms with Gasteiger partial charge in [-0.2, -0.15) is 0 Å². The van der Waals surface area contributed by atoms with E-state index in [1.165, 1.54) is 77.9 Å². The van der Waals surface area contributed by atoms with Gasteiger partial charge in [0.1, 0.15) is 104 Å². The molecule has 8 rings (SSSR count). The molecule has 5 aliphatic rings. The topological polar surface area (TPSA) is 458 Å². The first kappa shape index (κ1) is 61.2. The zero-order valence-electron chi connectivity index (χ0n) is 43.1. The molecule has 0 spiro atoms. The third-order valence-electron chi connectivity index (χ3n) is 13.8. The Morgan fingerprint density at radius 2 is 1.12 bits per heavy atom. The van der Waals surface area contributed by atoms with Gasteiger partial charge in [0.05, 0.1) is 6.61 Å². The summed E-state index contributed by atoms with van der Waals surface area (Å²) in [6.45, 7) is -2.61. The normalized spacial score (nSPS) is 31.8. The largest absolute Gasteiger partial charge is 0.508 e. The van der Waals surface area contributed by atoms with Gasteiger partial charge in [-0.05, 0) is 76.9 Å². The molecule has 3 saturated heterocycles. The summed E-state index contributed by atoms with van der Waals surface area (Å²) in [5.41, 5.74) is 0.720. The fourth-order valence-electron chi connectivity index (χ4n) is 9.34. The molecule has 29 nitrogen and oxygen atoms in total. The van der Waals surface area contributed by atoms with Crippen molar-refractivity contribution >= 4 is 53.4 Å². The van der Waals surface area contributed by atoms with Crippen LogP contribution in [0.25, 0.3) is 12.2 Å². The van der Waals surface area contributed by atoms with Crippen LogP contribution < -0.4 is 9.64 Å². The first-order chi connectivity index (χ1) is 39.5. The third-order valence-corrected chi connectivity index (χ3v) is 13.8. The summed E-state index contributed by atoms with van der Waals surface area (Å²) < 4.78 is 46.5. The zero-order chi connectivity index (χ0) is 60.0. The highest BCUT2D eigenvalue weighted by Gasteiger charge is 2.55. The number of dihydropyridines is 1. The van der Waals surface area contributed by atoms with Crippen LogP contribution in [0.4, 0.5) is 5.69 Å². The number of aliphatic imine (C=N–C) groups is 1. The summed E-state index contributed by atoms with van der Waals surface area (Å²) in [4.78, 5) is 67.2. The Labute approximate surface area is 468 Å². The van der Waals surface area contributed by atoms with E-state index in [0.29, 0.717) is 11.1 Å². The Kier molecular flexibility index (Phi) is 19.6. The molecule has 3 aromatic carbocycles. The fraction of sp³-hybridized carbons (Fsp3) is 0.407. The highest BCUT2D eigenvalue weighted by molar-refractivity contribution is 6.41. The lowest BCUT2D eigenvalue weighted by molar-refractivity contribution is -0.389. The number of aliphatic carboxylic acids is 3. The lowest BCUT2D eigenvalue weighted by atomic mass is 9.96. The zero-order valence-corrected chi connectivity index (χ0v) is 43.1. The molecule has 0 bridgehead atoms. The standard InChI is InChI=1S/C54H58N2O27/c57-20-35-40(63)43(66)46(69)52(79-35)82-48-45(68)42(65)37(22-77-39(62)12-6-24-3-9-28(59)10-4-24)81-54(48)83-47-44(67)41(64)36(21-76-38(61)11-5-23-1-7-27(58)8-2-23)80-53(47)78-34-19-31-26(18-33(34)60)17-32(51(74)75)56(31)14-13-25-15-29(49(70)71)55-30(16-25)50(72)73/h1-15,18-19,30,32,35-37,40-48,52-54,57-60,63-69H,16-17,20-22H2,(H,70,71)(H,72,73)(H,74,75)/b11-5+,12-6+,14-13+/t30-,32-,35+,36+,37+,40+,41+,42+,43-,44-,45-,46+,47+,48+,52-,53+,54-/m0/s1. The lowest BCUT2D eigenvalue weighted by Gasteiger charge is -2.48. The van der Waals surface area contributed by atoms with Crippen molar-refractivity contribution in [1.82, 2.24) is 0 Å². The number of hydrogen-bond acceptors (Lipinski definition) is 26. The number of aromatic hydroxyl groups is 3.